The zero-order chi connectivity index (χ0) is 11.7. The van der Waals surface area contributed by atoms with Crippen molar-refractivity contribution in [1.82, 2.24) is 4.98 Å². The van der Waals surface area contributed by atoms with Crippen molar-refractivity contribution in [3.05, 3.63) is 52.2 Å². The number of aromatic nitrogens is 1. The van der Waals surface area contributed by atoms with Crippen molar-refractivity contribution in [3.63, 3.8) is 0 Å². The summed E-state index contributed by atoms with van der Waals surface area (Å²) in [5.74, 6) is -1.16. The molecule has 0 bridgehead atoms. The van der Waals surface area contributed by atoms with Crippen LogP contribution in [0.4, 0.5) is 8.78 Å². The van der Waals surface area contributed by atoms with Gasteiger partial charge >= 0.3 is 0 Å². The second-order valence-corrected chi connectivity index (χ2v) is 3.92. The van der Waals surface area contributed by atoms with Crippen LogP contribution in [0.5, 0.6) is 0 Å². The van der Waals surface area contributed by atoms with Crippen molar-refractivity contribution in [3.8, 4) is 11.3 Å². The summed E-state index contributed by atoms with van der Waals surface area (Å²) in [5, 5.41) is 0. The van der Waals surface area contributed by atoms with Crippen LogP contribution in [0.3, 0.4) is 0 Å². The van der Waals surface area contributed by atoms with Crippen molar-refractivity contribution in [1.29, 1.82) is 0 Å². The van der Waals surface area contributed by atoms with Gasteiger partial charge < -0.3 is 4.98 Å². The Hall–Kier alpha value is -1.55. The van der Waals surface area contributed by atoms with E-state index in [2.05, 4.69) is 4.98 Å². The quantitative estimate of drug-likeness (QED) is 0.741. The van der Waals surface area contributed by atoms with Crippen LogP contribution in [0.2, 0.25) is 0 Å². The first-order chi connectivity index (χ1) is 7.59. The van der Waals surface area contributed by atoms with Gasteiger partial charge in [-0.15, -0.1) is 0 Å². The molecule has 0 aliphatic rings. The summed E-state index contributed by atoms with van der Waals surface area (Å²) in [5.41, 5.74) is 0.692. The molecule has 0 aliphatic carbocycles. The maximum absolute atomic E-state index is 13.8. The smallest absolute Gasteiger partial charge is 0.138 e. The number of aromatic amines is 1. The number of halogens is 2. The summed E-state index contributed by atoms with van der Waals surface area (Å²) >= 11 is 4.92. The lowest BCUT2D eigenvalue weighted by Crippen LogP contribution is -1.95. The third kappa shape index (κ3) is 1.88. The van der Waals surface area contributed by atoms with Gasteiger partial charge in [0.2, 0.25) is 0 Å². The van der Waals surface area contributed by atoms with Crippen LogP contribution in [0.1, 0.15) is 5.56 Å². The maximum atomic E-state index is 13.8. The molecule has 82 valence electrons. The van der Waals surface area contributed by atoms with E-state index in [1.165, 1.54) is 12.1 Å². The molecule has 1 aromatic heterocycles. The molecule has 1 nitrogen and oxygen atoms in total. The third-order valence-corrected chi connectivity index (χ3v) is 2.56. The normalized spacial score (nSPS) is 10.4. The molecule has 0 unspecified atom stereocenters. The Balaban J connectivity index is 2.73. The molecule has 0 saturated heterocycles. The standard InChI is InChI=1S/C12H9F2NS/c1-7-5-6-8(13)11(12(7)14)9-3-2-4-10(16)15-9/h2-6H,1H3,(H,15,16). The fourth-order valence-electron chi connectivity index (χ4n) is 1.50. The Labute approximate surface area is 96.8 Å². The zero-order valence-corrected chi connectivity index (χ0v) is 9.37. The number of hydrogen-bond donors (Lipinski definition) is 1. The fraction of sp³-hybridized carbons (Fsp3) is 0.0833. The first-order valence-corrected chi connectivity index (χ1v) is 5.15. The molecule has 0 fully saturated rings. The Bertz CT molecular complexity index is 590. The van der Waals surface area contributed by atoms with Crippen LogP contribution >= 0.6 is 12.2 Å². The van der Waals surface area contributed by atoms with Crippen LogP contribution in [0.25, 0.3) is 11.3 Å². The molecule has 2 aromatic rings. The van der Waals surface area contributed by atoms with Gasteiger partial charge in [0.1, 0.15) is 16.3 Å². The van der Waals surface area contributed by atoms with Crippen LogP contribution in [0, 0.1) is 23.2 Å². The van der Waals surface area contributed by atoms with Gasteiger partial charge in [-0.1, -0.05) is 24.4 Å². The van der Waals surface area contributed by atoms with Gasteiger partial charge in [0.15, 0.2) is 0 Å². The molecule has 4 heteroatoms. The van der Waals surface area contributed by atoms with Gasteiger partial charge in [-0.2, -0.15) is 0 Å². The van der Waals surface area contributed by atoms with Crippen molar-refractivity contribution in [2.75, 3.05) is 0 Å². The molecule has 1 N–H and O–H groups in total. The Morgan fingerprint density at radius 3 is 2.56 bits per heavy atom. The van der Waals surface area contributed by atoms with E-state index in [9.17, 15) is 8.78 Å². The van der Waals surface area contributed by atoms with Crippen LogP contribution in [-0.2, 0) is 0 Å². The highest BCUT2D eigenvalue weighted by atomic mass is 32.1. The van der Waals surface area contributed by atoms with Crippen molar-refractivity contribution in [2.45, 2.75) is 6.92 Å². The van der Waals surface area contributed by atoms with Crippen LogP contribution in [-0.4, -0.2) is 4.98 Å². The Morgan fingerprint density at radius 2 is 1.88 bits per heavy atom. The molecule has 0 aliphatic heterocycles. The van der Waals surface area contributed by atoms with Crippen LogP contribution in [0.15, 0.2) is 30.3 Å². The predicted molar refractivity (Wildman–Crippen MR) is 61.7 cm³/mol. The summed E-state index contributed by atoms with van der Waals surface area (Å²) in [7, 11) is 0. The SMILES string of the molecule is Cc1ccc(F)c(-c2cccc(=S)[nH]2)c1F. The number of benzene rings is 1. The van der Waals surface area contributed by atoms with Gasteiger partial charge in [0.25, 0.3) is 0 Å². The lowest BCUT2D eigenvalue weighted by molar-refractivity contribution is 0.583. The molecule has 0 saturated carbocycles. The number of H-pyrrole nitrogens is 1. The number of hydrogen-bond acceptors (Lipinski definition) is 1. The van der Waals surface area contributed by atoms with Crippen molar-refractivity contribution >= 4 is 12.2 Å². The van der Waals surface area contributed by atoms with Gasteiger partial charge in [0.05, 0.1) is 11.3 Å². The summed E-state index contributed by atoms with van der Waals surface area (Å²) in [6.07, 6.45) is 0. The minimum Gasteiger partial charge on any atom is -0.346 e. The highest BCUT2D eigenvalue weighted by molar-refractivity contribution is 7.71. The molecule has 0 atom stereocenters. The minimum absolute atomic E-state index is 0.0632. The molecule has 0 spiro atoms. The molecule has 16 heavy (non-hydrogen) atoms. The fourth-order valence-corrected chi connectivity index (χ4v) is 1.69. The predicted octanol–water partition coefficient (Wildman–Crippen LogP) is 4.00. The van der Waals surface area contributed by atoms with Gasteiger partial charge in [-0.25, -0.2) is 8.78 Å². The monoisotopic (exact) mass is 237 g/mol. The largest absolute Gasteiger partial charge is 0.346 e. The lowest BCUT2D eigenvalue weighted by atomic mass is 10.1. The average molecular weight is 237 g/mol. The second-order valence-electron chi connectivity index (χ2n) is 3.48. The molecule has 0 amide bonds. The number of aryl methyl sites for hydroxylation is 1. The topological polar surface area (TPSA) is 15.8 Å². The van der Waals surface area contributed by atoms with Gasteiger partial charge in [-0.3, -0.25) is 0 Å². The summed E-state index contributed by atoms with van der Waals surface area (Å²) in [4.78, 5) is 2.77. The third-order valence-electron chi connectivity index (χ3n) is 2.32. The highest BCUT2D eigenvalue weighted by Gasteiger charge is 2.13. The van der Waals surface area contributed by atoms with Crippen molar-refractivity contribution in [2.24, 2.45) is 0 Å². The second kappa shape index (κ2) is 4.14. The van der Waals surface area contributed by atoms with E-state index >= 15 is 0 Å². The highest BCUT2D eigenvalue weighted by Crippen LogP contribution is 2.26. The molecule has 2 rings (SSSR count). The first kappa shape index (κ1) is 11.0. The summed E-state index contributed by atoms with van der Waals surface area (Å²) in [6.45, 7) is 1.59. The number of rotatable bonds is 1. The van der Waals surface area contributed by atoms with E-state index < -0.39 is 11.6 Å². The van der Waals surface area contributed by atoms with Gasteiger partial charge in [0, 0.05) is 0 Å². The first-order valence-electron chi connectivity index (χ1n) is 4.74. The number of nitrogens with one attached hydrogen (secondary N) is 1. The van der Waals surface area contributed by atoms with Crippen molar-refractivity contribution < 1.29 is 8.78 Å². The Kier molecular flexibility index (Phi) is 2.83. The van der Waals surface area contributed by atoms with E-state index in [4.69, 9.17) is 12.2 Å². The molecule has 1 heterocycles. The molecular formula is C12H9F2NS. The van der Waals surface area contributed by atoms with E-state index in [1.807, 2.05) is 0 Å². The maximum Gasteiger partial charge on any atom is 0.138 e. The van der Waals surface area contributed by atoms with E-state index in [0.29, 0.717) is 15.9 Å². The Morgan fingerprint density at radius 1 is 1.12 bits per heavy atom. The summed E-state index contributed by atoms with van der Waals surface area (Å²) < 4.78 is 27.8. The zero-order valence-electron chi connectivity index (χ0n) is 8.55. The molecule has 1 aromatic carbocycles. The summed E-state index contributed by atoms with van der Waals surface area (Å²) in [6, 6.07) is 7.57. The van der Waals surface area contributed by atoms with Gasteiger partial charge in [-0.05, 0) is 30.7 Å². The molecule has 0 radical (unpaired) electrons. The van der Waals surface area contributed by atoms with E-state index in [0.717, 1.165) is 0 Å². The number of pyridine rings is 1. The lowest BCUT2D eigenvalue weighted by Gasteiger charge is -2.07. The average Bonchev–Trinajstić information content (AvgIpc) is 2.24. The van der Waals surface area contributed by atoms with Crippen LogP contribution < -0.4 is 0 Å². The minimum atomic E-state index is -0.597. The molecular weight excluding hydrogens is 228 g/mol. The van der Waals surface area contributed by atoms with E-state index in [1.54, 1.807) is 25.1 Å². The van der Waals surface area contributed by atoms with E-state index in [-0.39, 0.29) is 5.56 Å².